The minimum absolute atomic E-state index is 0.0416. The van der Waals surface area contributed by atoms with Crippen LogP contribution in [0.5, 0.6) is 0 Å². The largest absolute Gasteiger partial charge is 0.459 e. The highest BCUT2D eigenvalue weighted by atomic mass is 16.6. The van der Waals surface area contributed by atoms with Crippen molar-refractivity contribution in [3.05, 3.63) is 108 Å². The van der Waals surface area contributed by atoms with Gasteiger partial charge in [0.05, 0.1) is 18.6 Å². The minimum Gasteiger partial charge on any atom is -0.459 e. The van der Waals surface area contributed by atoms with Gasteiger partial charge < -0.3 is 41.6 Å². The first-order valence-electron chi connectivity index (χ1n) is 20.7. The lowest BCUT2D eigenvalue weighted by Gasteiger charge is -2.33. The van der Waals surface area contributed by atoms with Crippen LogP contribution < -0.4 is 27.0 Å². The zero-order valence-electron chi connectivity index (χ0n) is 35.2. The normalized spacial score (nSPS) is 18.0. The van der Waals surface area contributed by atoms with Crippen molar-refractivity contribution in [2.24, 2.45) is 23.5 Å². The second kappa shape index (κ2) is 22.6. The van der Waals surface area contributed by atoms with Crippen LogP contribution >= 0.6 is 0 Å². The second-order valence-corrected chi connectivity index (χ2v) is 16.6. The highest BCUT2D eigenvalue weighted by Gasteiger charge is 2.43. The summed E-state index contributed by atoms with van der Waals surface area (Å²) in [5, 5.41) is 23.1. The molecule has 0 bridgehead atoms. The maximum Gasteiger partial charge on any atom is 0.408 e. The summed E-state index contributed by atoms with van der Waals surface area (Å²) in [6.45, 7) is 8.88. The van der Waals surface area contributed by atoms with E-state index < -0.39 is 89.8 Å². The molecule has 5 amide bonds. The number of amides is 5. The van der Waals surface area contributed by atoms with Crippen LogP contribution in [0.2, 0.25) is 0 Å². The molecule has 60 heavy (non-hydrogen) atoms. The van der Waals surface area contributed by atoms with Crippen LogP contribution in [-0.2, 0) is 52.9 Å². The van der Waals surface area contributed by atoms with E-state index in [0.717, 1.165) is 11.1 Å². The van der Waals surface area contributed by atoms with Crippen LogP contribution in [0.25, 0.3) is 0 Å². The Morgan fingerprint density at radius 3 is 1.85 bits per heavy atom. The molecule has 1 fully saturated rings. The van der Waals surface area contributed by atoms with Gasteiger partial charge in [-0.05, 0) is 68.6 Å². The molecule has 0 aromatic heterocycles. The number of alkyl carbamates (subject to hydrolysis) is 1. The molecule has 324 valence electrons. The quantitative estimate of drug-likeness (QED) is 0.0897. The van der Waals surface area contributed by atoms with Gasteiger partial charge in [0.25, 0.3) is 0 Å². The molecule has 0 saturated heterocycles. The minimum atomic E-state index is -1.49. The van der Waals surface area contributed by atoms with E-state index in [-0.39, 0.29) is 25.4 Å². The Bertz CT molecular complexity index is 1870. The van der Waals surface area contributed by atoms with E-state index in [2.05, 4.69) is 21.3 Å². The number of carbonyl (C=O) groups is 6. The third-order valence-electron chi connectivity index (χ3n) is 10.7. The van der Waals surface area contributed by atoms with E-state index in [1.165, 1.54) is 0 Å². The van der Waals surface area contributed by atoms with Crippen LogP contribution in [0.1, 0.15) is 83.4 Å². The van der Waals surface area contributed by atoms with E-state index in [9.17, 15) is 33.9 Å². The third-order valence-corrected chi connectivity index (χ3v) is 10.7. The Hall–Kier alpha value is -5.76. The van der Waals surface area contributed by atoms with E-state index in [0.29, 0.717) is 31.2 Å². The summed E-state index contributed by atoms with van der Waals surface area (Å²) in [5.41, 5.74) is 7.02. The van der Waals surface area contributed by atoms with Crippen LogP contribution in [0.3, 0.4) is 0 Å². The Kier molecular flexibility index (Phi) is 17.6. The molecule has 8 atom stereocenters. The average Bonchev–Trinajstić information content (AvgIpc) is 3.71. The maximum atomic E-state index is 14.1. The molecule has 1 saturated carbocycles. The summed E-state index contributed by atoms with van der Waals surface area (Å²) < 4.78 is 11.0. The number of nitrogens with two attached hydrogens (primary N) is 1. The van der Waals surface area contributed by atoms with Gasteiger partial charge in [-0.25, -0.2) is 9.59 Å². The summed E-state index contributed by atoms with van der Waals surface area (Å²) in [7, 11) is 0. The summed E-state index contributed by atoms with van der Waals surface area (Å²) >= 11 is 0. The van der Waals surface area contributed by atoms with E-state index in [4.69, 9.17) is 15.2 Å². The number of benzene rings is 3. The lowest BCUT2D eigenvalue weighted by molar-refractivity contribution is -0.151. The fraction of sp³-hybridized carbons (Fsp3) is 0.478. The van der Waals surface area contributed by atoms with Crippen LogP contribution in [0.15, 0.2) is 91.0 Å². The molecule has 7 N–H and O–H groups in total. The molecule has 1 aliphatic carbocycles. The highest BCUT2D eigenvalue weighted by molar-refractivity contribution is 5.94. The molecule has 0 spiro atoms. The van der Waals surface area contributed by atoms with Gasteiger partial charge in [-0.1, -0.05) is 118 Å². The molecule has 14 heteroatoms. The standard InChI is InChI=1S/C46H61N5O9/c1-6-29(2)39(44(57)59-28-32-21-14-9-15-22-32)51-41(54)34-24-16-23-33(34)40(53)35(25-30-17-10-7-11-18-30)48-43(56)37(27-38(47)52)49-42(55)36(26-31-19-12-8-13-20-31)50-45(58)60-46(3,4)5/h7-15,17-22,29,33-37,39-40,53H,6,16,23-28H2,1-5H3,(H2,47,52)(H,48,56)(H,49,55)(H,50,58)(H,51,54)/t29-,33?,34?,35?,36-,37-,39-,40?/m0/s1. The van der Waals surface area contributed by atoms with Crippen molar-refractivity contribution >= 4 is 35.7 Å². The Morgan fingerprint density at radius 2 is 1.30 bits per heavy atom. The summed E-state index contributed by atoms with van der Waals surface area (Å²) in [5.74, 6) is -4.94. The van der Waals surface area contributed by atoms with Gasteiger partial charge in [-0.3, -0.25) is 19.2 Å². The summed E-state index contributed by atoms with van der Waals surface area (Å²) in [4.78, 5) is 80.5. The third kappa shape index (κ3) is 14.8. The average molecular weight is 828 g/mol. The lowest BCUT2D eigenvalue weighted by atomic mass is 9.83. The molecule has 0 heterocycles. The first kappa shape index (κ1) is 46.9. The van der Waals surface area contributed by atoms with Crippen molar-refractivity contribution in [2.45, 2.75) is 122 Å². The van der Waals surface area contributed by atoms with Crippen molar-refractivity contribution < 1.29 is 43.3 Å². The number of aliphatic hydroxyl groups excluding tert-OH is 1. The van der Waals surface area contributed by atoms with Crippen molar-refractivity contribution in [3.63, 3.8) is 0 Å². The van der Waals surface area contributed by atoms with Gasteiger partial charge in [-0.15, -0.1) is 0 Å². The van der Waals surface area contributed by atoms with Gasteiger partial charge in [0, 0.05) is 12.3 Å². The smallest absolute Gasteiger partial charge is 0.408 e. The molecule has 14 nitrogen and oxygen atoms in total. The van der Waals surface area contributed by atoms with Crippen molar-refractivity contribution in [2.75, 3.05) is 0 Å². The number of primary amides is 1. The lowest BCUT2D eigenvalue weighted by Crippen LogP contribution is -2.59. The molecule has 4 rings (SSSR count). The molecule has 3 aromatic rings. The molecule has 3 aromatic carbocycles. The number of hydrogen-bond acceptors (Lipinski definition) is 9. The van der Waals surface area contributed by atoms with E-state index >= 15 is 0 Å². The van der Waals surface area contributed by atoms with Gasteiger partial charge in [0.2, 0.25) is 23.6 Å². The summed E-state index contributed by atoms with van der Waals surface area (Å²) in [6, 6.07) is 22.7. The SMILES string of the molecule is CC[C@H](C)[C@H](NC(=O)C1CCCC1C(O)C(Cc1ccccc1)NC(=O)[C@H](CC(N)=O)NC(=O)[C@H](Cc1ccccc1)NC(=O)OC(C)(C)C)C(=O)OCc1ccccc1. The number of esters is 1. The fourth-order valence-corrected chi connectivity index (χ4v) is 7.37. The molecule has 0 aliphatic heterocycles. The monoisotopic (exact) mass is 827 g/mol. The maximum absolute atomic E-state index is 14.1. The van der Waals surface area contributed by atoms with Crippen LogP contribution in [0, 0.1) is 17.8 Å². The Labute approximate surface area is 352 Å². The van der Waals surface area contributed by atoms with Gasteiger partial charge in [0.15, 0.2) is 0 Å². The predicted molar refractivity (Wildman–Crippen MR) is 226 cm³/mol. The van der Waals surface area contributed by atoms with E-state index in [1.807, 2.05) is 74.5 Å². The number of rotatable bonds is 20. The number of carbonyl (C=O) groups excluding carboxylic acids is 6. The van der Waals surface area contributed by atoms with E-state index in [1.54, 1.807) is 51.1 Å². The Morgan fingerprint density at radius 1 is 0.750 bits per heavy atom. The zero-order valence-corrected chi connectivity index (χ0v) is 35.2. The second-order valence-electron chi connectivity index (χ2n) is 16.6. The highest BCUT2D eigenvalue weighted by Crippen LogP contribution is 2.36. The van der Waals surface area contributed by atoms with Gasteiger partial charge in [-0.2, -0.15) is 0 Å². The molecular formula is C46H61N5O9. The molecule has 4 unspecified atom stereocenters. The number of ether oxygens (including phenoxy) is 2. The molecular weight excluding hydrogens is 767 g/mol. The fourth-order valence-electron chi connectivity index (χ4n) is 7.37. The first-order valence-corrected chi connectivity index (χ1v) is 20.7. The zero-order chi connectivity index (χ0) is 43.8. The van der Waals surface area contributed by atoms with Gasteiger partial charge in [0.1, 0.15) is 30.3 Å². The van der Waals surface area contributed by atoms with Gasteiger partial charge >= 0.3 is 12.1 Å². The first-order chi connectivity index (χ1) is 28.5. The number of nitrogens with one attached hydrogen (secondary N) is 4. The van der Waals surface area contributed by atoms with Crippen LogP contribution in [0.4, 0.5) is 4.79 Å². The van der Waals surface area contributed by atoms with Crippen LogP contribution in [-0.4, -0.2) is 76.7 Å². The summed E-state index contributed by atoms with van der Waals surface area (Å²) in [6.07, 6.45) is -0.382. The molecule has 1 aliphatic rings. The Balaban J connectivity index is 1.54. The number of aliphatic hydroxyl groups is 1. The predicted octanol–water partition coefficient (Wildman–Crippen LogP) is 4.26. The van der Waals surface area contributed by atoms with Crippen molar-refractivity contribution in [1.82, 2.24) is 21.3 Å². The van der Waals surface area contributed by atoms with Crippen molar-refractivity contribution in [1.29, 1.82) is 0 Å². The number of hydrogen-bond donors (Lipinski definition) is 6. The topological polar surface area (TPSA) is 215 Å². The van der Waals surface area contributed by atoms with Crippen molar-refractivity contribution in [3.8, 4) is 0 Å². The molecule has 0 radical (unpaired) electrons.